The molecule has 0 radical (unpaired) electrons. The SMILES string of the molecule is COc1ccc2[nH]cc([C@H]3c4c(cc5c(c4OC)OCO5)CC[N+]3(C)C)c2c1. The second-order valence-electron chi connectivity index (χ2n) is 8.03. The lowest BCUT2D eigenvalue weighted by Crippen LogP contribution is -2.48. The smallest absolute Gasteiger partial charge is 0.231 e. The van der Waals surface area contributed by atoms with Crippen molar-refractivity contribution < 1.29 is 23.4 Å². The molecule has 0 unspecified atom stereocenters. The maximum atomic E-state index is 5.88. The minimum absolute atomic E-state index is 0.106. The summed E-state index contributed by atoms with van der Waals surface area (Å²) in [5, 5.41) is 1.17. The molecule has 2 aromatic carbocycles. The Kier molecular flexibility index (Phi) is 3.74. The molecule has 1 N–H and O–H groups in total. The first-order chi connectivity index (χ1) is 13.5. The average molecular weight is 381 g/mol. The van der Waals surface area contributed by atoms with E-state index >= 15 is 0 Å². The third-order valence-corrected chi connectivity index (χ3v) is 6.09. The number of fused-ring (bicyclic) bond motifs is 3. The molecule has 146 valence electrons. The lowest BCUT2D eigenvalue weighted by atomic mass is 9.85. The van der Waals surface area contributed by atoms with Gasteiger partial charge in [0.2, 0.25) is 12.5 Å². The van der Waals surface area contributed by atoms with Crippen LogP contribution in [0.3, 0.4) is 0 Å². The maximum absolute atomic E-state index is 5.88. The quantitative estimate of drug-likeness (QED) is 0.704. The summed E-state index contributed by atoms with van der Waals surface area (Å²) < 4.78 is 23.6. The molecule has 6 heteroatoms. The van der Waals surface area contributed by atoms with Crippen LogP contribution in [-0.2, 0) is 6.42 Å². The van der Waals surface area contributed by atoms with E-state index in [1.165, 1.54) is 22.1 Å². The Morgan fingerprint density at radius 3 is 2.75 bits per heavy atom. The molecule has 3 heterocycles. The molecule has 5 rings (SSSR count). The predicted molar refractivity (Wildman–Crippen MR) is 106 cm³/mol. The van der Waals surface area contributed by atoms with Crippen LogP contribution in [0.1, 0.15) is 22.7 Å². The first kappa shape index (κ1) is 17.3. The highest BCUT2D eigenvalue weighted by Gasteiger charge is 2.43. The van der Waals surface area contributed by atoms with E-state index in [4.69, 9.17) is 18.9 Å². The van der Waals surface area contributed by atoms with Crippen molar-refractivity contribution in [3.8, 4) is 23.0 Å². The molecule has 0 amide bonds. The molecule has 28 heavy (non-hydrogen) atoms. The van der Waals surface area contributed by atoms with Gasteiger partial charge in [-0.25, -0.2) is 0 Å². The second-order valence-corrected chi connectivity index (χ2v) is 8.03. The lowest BCUT2D eigenvalue weighted by molar-refractivity contribution is -0.917. The van der Waals surface area contributed by atoms with Gasteiger partial charge in [-0.3, -0.25) is 0 Å². The number of rotatable bonds is 3. The highest BCUT2D eigenvalue weighted by Crippen LogP contribution is 2.53. The maximum Gasteiger partial charge on any atom is 0.231 e. The van der Waals surface area contributed by atoms with Crippen LogP contribution in [0.25, 0.3) is 10.9 Å². The molecule has 1 aromatic heterocycles. The van der Waals surface area contributed by atoms with Crippen LogP contribution in [0.2, 0.25) is 0 Å². The molecule has 0 fully saturated rings. The summed E-state index contributed by atoms with van der Waals surface area (Å²) in [5.41, 5.74) is 4.78. The number of hydrogen-bond acceptors (Lipinski definition) is 4. The van der Waals surface area contributed by atoms with Crippen LogP contribution in [-0.4, -0.2) is 51.1 Å². The zero-order valence-corrected chi connectivity index (χ0v) is 16.7. The molecular weight excluding hydrogens is 356 g/mol. The first-order valence-electron chi connectivity index (χ1n) is 9.50. The summed E-state index contributed by atoms with van der Waals surface area (Å²) in [7, 11) is 7.96. The number of H-pyrrole nitrogens is 1. The molecule has 0 bridgehead atoms. The standard InChI is InChI=1S/C22H25N2O4/c1-24(2)8-7-13-9-18-21(28-12-27-18)22(26-4)19(13)20(24)16-11-23-17-6-5-14(25-3)10-15(16)17/h5-6,9-11,20,23H,7-8,12H2,1-4H3/q+1/t20-/m0/s1. The largest absolute Gasteiger partial charge is 0.497 e. The molecule has 2 aliphatic rings. The Morgan fingerprint density at radius 2 is 1.96 bits per heavy atom. The number of nitrogens with zero attached hydrogens (tertiary/aromatic N) is 1. The highest BCUT2D eigenvalue weighted by atomic mass is 16.7. The van der Waals surface area contributed by atoms with Crippen LogP contribution >= 0.6 is 0 Å². The third kappa shape index (κ3) is 2.37. The molecule has 2 aliphatic heterocycles. The first-order valence-corrected chi connectivity index (χ1v) is 9.50. The number of hydrogen-bond donors (Lipinski definition) is 1. The lowest BCUT2D eigenvalue weighted by Gasteiger charge is -2.43. The monoisotopic (exact) mass is 381 g/mol. The molecule has 3 aromatic rings. The van der Waals surface area contributed by atoms with Crippen molar-refractivity contribution in [1.82, 2.24) is 4.98 Å². The van der Waals surface area contributed by atoms with Gasteiger partial charge < -0.3 is 28.4 Å². The molecule has 0 saturated heterocycles. The van der Waals surface area contributed by atoms with Crippen LogP contribution in [0.5, 0.6) is 23.0 Å². The fourth-order valence-corrected chi connectivity index (χ4v) is 4.68. The van der Waals surface area contributed by atoms with E-state index in [9.17, 15) is 0 Å². The molecule has 0 spiro atoms. The van der Waals surface area contributed by atoms with E-state index in [2.05, 4.69) is 43.5 Å². The number of quaternary nitrogens is 1. The number of methoxy groups -OCH3 is 2. The van der Waals surface area contributed by atoms with E-state index < -0.39 is 0 Å². The fourth-order valence-electron chi connectivity index (χ4n) is 4.68. The van der Waals surface area contributed by atoms with Gasteiger partial charge in [-0.1, -0.05) is 0 Å². The van der Waals surface area contributed by atoms with Crippen molar-refractivity contribution in [1.29, 1.82) is 0 Å². The zero-order chi connectivity index (χ0) is 19.5. The Bertz CT molecular complexity index is 1070. The number of aromatic amines is 1. The summed E-state index contributed by atoms with van der Waals surface area (Å²) in [4.78, 5) is 3.43. The van der Waals surface area contributed by atoms with E-state index in [1.54, 1.807) is 14.2 Å². The van der Waals surface area contributed by atoms with Gasteiger partial charge in [-0.15, -0.1) is 0 Å². The van der Waals surface area contributed by atoms with E-state index in [1.807, 2.05) is 6.07 Å². The van der Waals surface area contributed by atoms with Gasteiger partial charge in [0, 0.05) is 29.1 Å². The minimum atomic E-state index is 0.106. The van der Waals surface area contributed by atoms with Crippen molar-refractivity contribution in [2.45, 2.75) is 12.5 Å². The topological polar surface area (TPSA) is 52.7 Å². The van der Waals surface area contributed by atoms with Gasteiger partial charge in [-0.2, -0.15) is 0 Å². The molecule has 1 atom stereocenters. The summed E-state index contributed by atoms with van der Waals surface area (Å²) in [6.07, 6.45) is 3.09. The average Bonchev–Trinajstić information content (AvgIpc) is 3.32. The van der Waals surface area contributed by atoms with Crippen LogP contribution < -0.4 is 18.9 Å². The Hall–Kier alpha value is -2.86. The van der Waals surface area contributed by atoms with E-state index in [-0.39, 0.29) is 12.8 Å². The van der Waals surface area contributed by atoms with Gasteiger partial charge in [0.15, 0.2) is 11.5 Å². The zero-order valence-electron chi connectivity index (χ0n) is 16.7. The van der Waals surface area contributed by atoms with Crippen molar-refractivity contribution >= 4 is 10.9 Å². The van der Waals surface area contributed by atoms with E-state index in [0.717, 1.165) is 40.2 Å². The van der Waals surface area contributed by atoms with Crippen molar-refractivity contribution in [2.24, 2.45) is 0 Å². The summed E-state index contributed by atoms with van der Waals surface area (Å²) in [5.74, 6) is 3.14. The third-order valence-electron chi connectivity index (χ3n) is 6.09. The summed E-state index contributed by atoms with van der Waals surface area (Å²) in [6, 6.07) is 8.39. The Morgan fingerprint density at radius 1 is 1.11 bits per heavy atom. The second kappa shape index (κ2) is 6.07. The van der Waals surface area contributed by atoms with Gasteiger partial charge in [0.1, 0.15) is 11.8 Å². The Labute approximate surface area is 164 Å². The summed E-state index contributed by atoms with van der Waals surface area (Å²) in [6.45, 7) is 1.26. The number of aromatic nitrogens is 1. The van der Waals surface area contributed by atoms with Crippen LogP contribution in [0.4, 0.5) is 0 Å². The van der Waals surface area contributed by atoms with Gasteiger partial charge in [-0.05, 0) is 29.8 Å². The van der Waals surface area contributed by atoms with Crippen LogP contribution in [0, 0.1) is 0 Å². The molecular formula is C22H25N2O4+. The minimum Gasteiger partial charge on any atom is -0.497 e. The number of likely N-dealkylation sites (N-methyl/N-ethyl adjacent to an activating group) is 1. The van der Waals surface area contributed by atoms with E-state index in [0.29, 0.717) is 5.75 Å². The normalized spacial score (nSPS) is 19.5. The summed E-state index contributed by atoms with van der Waals surface area (Å²) >= 11 is 0. The van der Waals surface area contributed by atoms with Gasteiger partial charge in [0.25, 0.3) is 0 Å². The predicted octanol–water partition coefficient (Wildman–Crippen LogP) is 3.64. The Balaban J connectivity index is 1.79. The fraction of sp³-hybridized carbons (Fsp3) is 0.364. The number of ether oxygens (including phenoxy) is 4. The van der Waals surface area contributed by atoms with Crippen molar-refractivity contribution in [3.05, 3.63) is 47.2 Å². The van der Waals surface area contributed by atoms with Crippen molar-refractivity contribution in [3.63, 3.8) is 0 Å². The molecule has 0 aliphatic carbocycles. The molecule has 0 saturated carbocycles. The molecule has 6 nitrogen and oxygen atoms in total. The number of benzene rings is 2. The van der Waals surface area contributed by atoms with Crippen molar-refractivity contribution in [2.75, 3.05) is 41.7 Å². The number of nitrogens with one attached hydrogen (secondary N) is 1. The van der Waals surface area contributed by atoms with Gasteiger partial charge >= 0.3 is 0 Å². The van der Waals surface area contributed by atoms with Crippen LogP contribution in [0.15, 0.2) is 30.5 Å². The highest BCUT2D eigenvalue weighted by molar-refractivity contribution is 5.86. The van der Waals surface area contributed by atoms with Gasteiger partial charge in [0.05, 0.1) is 40.4 Å².